The van der Waals surface area contributed by atoms with E-state index >= 15 is 0 Å². The molecule has 284 valence electrons. The van der Waals surface area contributed by atoms with Crippen molar-refractivity contribution >= 4 is 68.7 Å². The van der Waals surface area contributed by atoms with Gasteiger partial charge in [-0.25, -0.2) is 0 Å². The normalized spacial score (nSPS) is 12.7. The summed E-state index contributed by atoms with van der Waals surface area (Å²) in [5, 5.41) is 5.13. The second-order valence-electron chi connectivity index (χ2n) is 14.2. The number of benzene rings is 7. The Hall–Kier alpha value is -6.30. The Bertz CT molecular complexity index is 2830. The maximum atomic E-state index is 7.06. The minimum atomic E-state index is -0.413. The maximum absolute atomic E-state index is 7.06. The predicted molar refractivity (Wildman–Crippen MR) is 257 cm³/mol. The second kappa shape index (κ2) is 17.9. The minimum Gasteiger partial charge on any atom is -0.398 e. The highest BCUT2D eigenvalue weighted by atomic mass is 32.1. The van der Waals surface area contributed by atoms with Crippen LogP contribution in [0.3, 0.4) is 0 Å². The molecule has 4 N–H and O–H groups in total. The van der Waals surface area contributed by atoms with E-state index in [-0.39, 0.29) is 0 Å². The lowest BCUT2D eigenvalue weighted by Crippen LogP contribution is -2.10. The molecule has 0 aliphatic rings. The summed E-state index contributed by atoms with van der Waals surface area (Å²) in [5.74, 6) is 0. The molecule has 0 spiro atoms. The van der Waals surface area contributed by atoms with Gasteiger partial charge in [0.2, 0.25) is 0 Å². The highest BCUT2D eigenvalue weighted by molar-refractivity contribution is 7.26. The van der Waals surface area contributed by atoms with Crippen molar-refractivity contribution in [1.29, 1.82) is 0 Å². The molecule has 0 aliphatic heterocycles. The fraction of sp³-hybridized carbons (Fsp3) is 0.0741. The van der Waals surface area contributed by atoms with E-state index in [2.05, 4.69) is 171 Å². The Kier molecular flexibility index (Phi) is 11.9. The number of nitrogens with two attached hydrogens (primary N) is 2. The van der Waals surface area contributed by atoms with Crippen LogP contribution in [0.5, 0.6) is 0 Å². The van der Waals surface area contributed by atoms with Crippen LogP contribution >= 0.6 is 22.7 Å². The van der Waals surface area contributed by atoms with Gasteiger partial charge in [-0.15, -0.1) is 22.7 Å². The van der Waals surface area contributed by atoms with Crippen molar-refractivity contribution in [3.05, 3.63) is 211 Å². The first-order valence-corrected chi connectivity index (χ1v) is 21.4. The highest BCUT2D eigenvalue weighted by Gasteiger charge is 2.17. The molecule has 0 bridgehead atoms. The fourth-order valence-electron chi connectivity index (χ4n) is 7.51. The minimum absolute atomic E-state index is 0.413. The highest BCUT2D eigenvalue weighted by Crippen LogP contribution is 2.44. The number of allylic oxidation sites excluding steroid dienone is 6. The van der Waals surface area contributed by atoms with Crippen molar-refractivity contribution in [3.63, 3.8) is 0 Å². The van der Waals surface area contributed by atoms with Gasteiger partial charge in [0.05, 0.1) is 6.04 Å². The topological polar surface area (TPSA) is 52.0 Å². The Morgan fingerprint density at radius 1 is 0.534 bits per heavy atom. The monoisotopic (exact) mass is 786 g/mol. The van der Waals surface area contributed by atoms with E-state index in [1.54, 1.807) is 0 Å². The molecule has 0 fully saturated rings. The standard InChI is InChI=1S/C45H32N2S2.C9H14/c46-38(30-22-20-29(21-23-30)28-10-2-1-3-11-28)27-39(47)33-25-31(34-14-8-18-42-44(34)36-12-4-6-16-40(36)48-42)24-32(26-33)35-15-9-19-43-45(35)37-13-5-7-17-41(37)49-43;1-3-5-7-9-8-6-4-2/h1-27,39H,46-47H2;3,5-9H,4H2,1-2H3/b38-27-;5-3+,8-6-,9-7-. The van der Waals surface area contributed by atoms with Gasteiger partial charge >= 0.3 is 0 Å². The number of hydrogen-bond acceptors (Lipinski definition) is 4. The van der Waals surface area contributed by atoms with Crippen LogP contribution < -0.4 is 11.5 Å². The summed E-state index contributed by atoms with van der Waals surface area (Å²) in [5.41, 5.74) is 23.5. The Labute approximate surface area is 349 Å². The largest absolute Gasteiger partial charge is 0.398 e. The molecule has 1 unspecified atom stereocenters. The summed E-state index contributed by atoms with van der Waals surface area (Å²) >= 11 is 3.68. The summed E-state index contributed by atoms with van der Waals surface area (Å²) in [4.78, 5) is 0. The molecule has 0 amide bonds. The molecule has 1 atom stereocenters. The first kappa shape index (κ1) is 38.6. The smallest absolute Gasteiger partial charge is 0.0504 e. The lowest BCUT2D eigenvalue weighted by Gasteiger charge is -2.16. The van der Waals surface area contributed by atoms with Crippen LogP contribution in [0.25, 0.3) is 79.4 Å². The van der Waals surface area contributed by atoms with E-state index in [9.17, 15) is 0 Å². The van der Waals surface area contributed by atoms with Crippen molar-refractivity contribution in [2.75, 3.05) is 0 Å². The lowest BCUT2D eigenvalue weighted by atomic mass is 9.90. The molecule has 2 nitrogen and oxygen atoms in total. The van der Waals surface area contributed by atoms with Crippen molar-refractivity contribution in [2.24, 2.45) is 11.5 Å². The van der Waals surface area contributed by atoms with E-state index in [1.165, 1.54) is 57.0 Å². The first-order valence-electron chi connectivity index (χ1n) is 19.8. The molecule has 58 heavy (non-hydrogen) atoms. The van der Waals surface area contributed by atoms with Gasteiger partial charge in [-0.3, -0.25) is 0 Å². The fourth-order valence-corrected chi connectivity index (χ4v) is 9.78. The third-order valence-corrected chi connectivity index (χ3v) is 12.6. The molecular formula is C54H46N2S2. The van der Waals surface area contributed by atoms with Gasteiger partial charge in [-0.2, -0.15) is 0 Å². The zero-order valence-corrected chi connectivity index (χ0v) is 34.4. The average molecular weight is 787 g/mol. The third kappa shape index (κ3) is 8.23. The summed E-state index contributed by atoms with van der Waals surface area (Å²) in [6.07, 6.45) is 15.4. The van der Waals surface area contributed by atoms with Crippen LogP contribution in [-0.2, 0) is 0 Å². The second-order valence-corrected chi connectivity index (χ2v) is 16.4. The van der Waals surface area contributed by atoms with Crippen LogP contribution in [0.4, 0.5) is 0 Å². The van der Waals surface area contributed by atoms with Crippen molar-refractivity contribution in [3.8, 4) is 33.4 Å². The first-order chi connectivity index (χ1) is 28.5. The van der Waals surface area contributed by atoms with Crippen LogP contribution in [0.2, 0.25) is 0 Å². The van der Waals surface area contributed by atoms with Crippen molar-refractivity contribution in [1.82, 2.24) is 0 Å². The molecule has 2 aromatic heterocycles. The number of rotatable bonds is 9. The average Bonchev–Trinajstić information content (AvgIpc) is 3.86. The van der Waals surface area contributed by atoms with Crippen LogP contribution in [0, 0.1) is 0 Å². The maximum Gasteiger partial charge on any atom is 0.0504 e. The number of fused-ring (bicyclic) bond motifs is 6. The zero-order chi connectivity index (χ0) is 39.8. The van der Waals surface area contributed by atoms with E-state index in [0.29, 0.717) is 5.70 Å². The molecule has 0 aliphatic carbocycles. The molecular weight excluding hydrogens is 741 g/mol. The number of hydrogen-bond donors (Lipinski definition) is 2. The van der Waals surface area contributed by atoms with E-state index < -0.39 is 6.04 Å². The van der Waals surface area contributed by atoms with Crippen molar-refractivity contribution < 1.29 is 0 Å². The molecule has 2 heterocycles. The molecule has 0 saturated heterocycles. The van der Waals surface area contributed by atoms with Crippen molar-refractivity contribution in [2.45, 2.75) is 26.3 Å². The van der Waals surface area contributed by atoms with Gasteiger partial charge in [0.15, 0.2) is 0 Å². The summed E-state index contributed by atoms with van der Waals surface area (Å²) in [7, 11) is 0. The van der Waals surface area contributed by atoms with Gasteiger partial charge in [0.25, 0.3) is 0 Å². The van der Waals surface area contributed by atoms with Crippen LogP contribution in [-0.4, -0.2) is 0 Å². The van der Waals surface area contributed by atoms with Gasteiger partial charge in [0, 0.05) is 46.0 Å². The number of thiophene rings is 2. The quantitative estimate of drug-likeness (QED) is 0.143. The van der Waals surface area contributed by atoms with Gasteiger partial charge in [0.1, 0.15) is 0 Å². The Morgan fingerprint density at radius 2 is 1.05 bits per heavy atom. The third-order valence-electron chi connectivity index (χ3n) is 10.3. The van der Waals surface area contributed by atoms with Crippen LogP contribution in [0.15, 0.2) is 200 Å². The Morgan fingerprint density at radius 3 is 1.62 bits per heavy atom. The predicted octanol–water partition coefficient (Wildman–Crippen LogP) is 15.5. The molecule has 4 heteroatoms. The van der Waals surface area contributed by atoms with E-state index in [4.69, 9.17) is 11.5 Å². The van der Waals surface area contributed by atoms with E-state index in [1.807, 2.05) is 66.0 Å². The molecule has 0 saturated carbocycles. The van der Waals surface area contributed by atoms with Gasteiger partial charge in [-0.05, 0) is 106 Å². The van der Waals surface area contributed by atoms with Gasteiger partial charge < -0.3 is 11.5 Å². The molecule has 0 radical (unpaired) electrons. The molecule has 7 aromatic carbocycles. The summed E-state index contributed by atoms with van der Waals surface area (Å²) in [6, 6.07) is 55.9. The summed E-state index contributed by atoms with van der Waals surface area (Å²) < 4.78 is 5.15. The Balaban J connectivity index is 0.000000469. The van der Waals surface area contributed by atoms with E-state index in [0.717, 1.165) is 34.2 Å². The lowest BCUT2D eigenvalue weighted by molar-refractivity contribution is 0.912. The summed E-state index contributed by atoms with van der Waals surface area (Å²) in [6.45, 7) is 4.13. The van der Waals surface area contributed by atoms with Crippen LogP contribution in [0.1, 0.15) is 37.4 Å². The van der Waals surface area contributed by atoms with Gasteiger partial charge in [-0.1, -0.05) is 159 Å². The SMILES string of the molecule is C/C=C/C=C\C=C/CC.N/C(=C\C(N)c1cc(-c2cccc3sc4ccccc4c23)cc(-c2cccc3sc4ccccc4c23)c1)c1ccc(-c2ccccc2)cc1. The zero-order valence-electron chi connectivity index (χ0n) is 32.8. The molecule has 9 rings (SSSR count). The molecule has 9 aromatic rings.